The quantitative estimate of drug-likeness (QED) is 0.655. The number of fused-ring (bicyclic) bond motifs is 2. The molecule has 76 valence electrons. The Morgan fingerprint density at radius 3 is 2.67 bits per heavy atom. The van der Waals surface area contributed by atoms with E-state index in [1.807, 2.05) is 31.3 Å². The maximum atomic E-state index is 5.53. The van der Waals surface area contributed by atoms with Gasteiger partial charge in [-0.05, 0) is 30.5 Å². The molecule has 3 nitrogen and oxygen atoms in total. The first-order chi connectivity index (χ1) is 7.34. The molecule has 0 unspecified atom stereocenters. The summed E-state index contributed by atoms with van der Waals surface area (Å²) in [7, 11) is 0. The van der Waals surface area contributed by atoms with Crippen LogP contribution in [0.2, 0.25) is 0 Å². The molecule has 15 heavy (non-hydrogen) atoms. The van der Waals surface area contributed by atoms with Crippen molar-refractivity contribution < 1.29 is 9.47 Å². The third kappa shape index (κ3) is 1.31. The first-order valence-electron chi connectivity index (χ1n) is 4.99. The Hall–Kier alpha value is -1.77. The van der Waals surface area contributed by atoms with E-state index in [1.54, 1.807) is 0 Å². The molecule has 0 saturated carbocycles. The number of rotatable bonds is 0. The fourth-order valence-electron chi connectivity index (χ4n) is 1.85. The molecule has 0 saturated heterocycles. The molecular weight excluding hydrogens is 190 g/mol. The lowest BCUT2D eigenvalue weighted by molar-refractivity contribution is 0.172. The first kappa shape index (κ1) is 8.53. The molecule has 0 radical (unpaired) electrons. The number of hydrogen-bond acceptors (Lipinski definition) is 3. The monoisotopic (exact) mass is 201 g/mol. The summed E-state index contributed by atoms with van der Waals surface area (Å²) in [6.07, 6.45) is 1.81. The molecule has 1 aliphatic rings. The zero-order valence-corrected chi connectivity index (χ0v) is 8.49. The Balaban J connectivity index is 2.31. The zero-order valence-electron chi connectivity index (χ0n) is 8.49. The number of aromatic nitrogens is 1. The average Bonchev–Trinajstić information content (AvgIpc) is 2.27. The van der Waals surface area contributed by atoms with Gasteiger partial charge in [0.15, 0.2) is 11.5 Å². The minimum absolute atomic E-state index is 0.623. The summed E-state index contributed by atoms with van der Waals surface area (Å²) >= 11 is 0. The molecule has 3 rings (SSSR count). The largest absolute Gasteiger partial charge is 0.486 e. The lowest BCUT2D eigenvalue weighted by atomic mass is 10.1. The van der Waals surface area contributed by atoms with E-state index in [0.29, 0.717) is 13.2 Å². The highest BCUT2D eigenvalue weighted by Gasteiger charge is 2.13. The summed E-state index contributed by atoms with van der Waals surface area (Å²) in [4.78, 5) is 4.26. The summed E-state index contributed by atoms with van der Waals surface area (Å²) < 4.78 is 11.1. The van der Waals surface area contributed by atoms with Crippen molar-refractivity contribution in [1.82, 2.24) is 4.98 Å². The lowest BCUT2D eigenvalue weighted by Gasteiger charge is -2.19. The van der Waals surface area contributed by atoms with E-state index in [4.69, 9.17) is 9.47 Å². The molecule has 0 N–H and O–H groups in total. The lowest BCUT2D eigenvalue weighted by Crippen LogP contribution is -2.15. The highest BCUT2D eigenvalue weighted by atomic mass is 16.6. The molecular formula is C12H11NO2. The van der Waals surface area contributed by atoms with Crippen molar-refractivity contribution in [3.05, 3.63) is 30.1 Å². The van der Waals surface area contributed by atoms with Crippen LogP contribution in [0, 0.1) is 6.92 Å². The van der Waals surface area contributed by atoms with Gasteiger partial charge in [0.25, 0.3) is 0 Å². The van der Waals surface area contributed by atoms with Crippen molar-refractivity contribution in [3.8, 4) is 11.5 Å². The number of ether oxygens (including phenoxy) is 2. The van der Waals surface area contributed by atoms with Gasteiger partial charge in [-0.15, -0.1) is 0 Å². The smallest absolute Gasteiger partial charge is 0.162 e. The molecule has 1 aromatic carbocycles. The van der Waals surface area contributed by atoms with Gasteiger partial charge in [-0.25, -0.2) is 0 Å². The van der Waals surface area contributed by atoms with Crippen LogP contribution in [-0.4, -0.2) is 18.2 Å². The molecule has 2 aromatic rings. The van der Waals surface area contributed by atoms with Gasteiger partial charge in [0.2, 0.25) is 0 Å². The highest BCUT2D eigenvalue weighted by Crippen LogP contribution is 2.34. The average molecular weight is 201 g/mol. The Morgan fingerprint density at radius 2 is 1.87 bits per heavy atom. The molecule has 1 aliphatic heterocycles. The van der Waals surface area contributed by atoms with E-state index in [-0.39, 0.29) is 0 Å². The summed E-state index contributed by atoms with van der Waals surface area (Å²) in [5, 5.41) is 2.27. The standard InChI is InChI=1S/C12H11NO2/c1-8-10-7-12-11(14-4-5-15-12)6-9(10)2-3-13-8/h2-3,6-7H,4-5H2,1H3. The minimum Gasteiger partial charge on any atom is -0.486 e. The second-order valence-corrected chi connectivity index (χ2v) is 3.61. The van der Waals surface area contributed by atoms with E-state index >= 15 is 0 Å². The van der Waals surface area contributed by atoms with Crippen LogP contribution in [0.1, 0.15) is 5.69 Å². The number of aryl methyl sites for hydroxylation is 1. The number of pyridine rings is 1. The third-order valence-electron chi connectivity index (χ3n) is 2.63. The van der Waals surface area contributed by atoms with Crippen LogP contribution in [0.5, 0.6) is 11.5 Å². The number of nitrogens with zero attached hydrogens (tertiary/aromatic N) is 1. The minimum atomic E-state index is 0.623. The van der Waals surface area contributed by atoms with Crippen molar-refractivity contribution in [3.63, 3.8) is 0 Å². The van der Waals surface area contributed by atoms with Gasteiger partial charge >= 0.3 is 0 Å². The topological polar surface area (TPSA) is 31.4 Å². The van der Waals surface area contributed by atoms with E-state index in [0.717, 1.165) is 28.0 Å². The zero-order chi connectivity index (χ0) is 10.3. The van der Waals surface area contributed by atoms with E-state index < -0.39 is 0 Å². The second-order valence-electron chi connectivity index (χ2n) is 3.61. The van der Waals surface area contributed by atoms with Gasteiger partial charge in [0.1, 0.15) is 13.2 Å². The molecule has 0 spiro atoms. The van der Waals surface area contributed by atoms with E-state index in [2.05, 4.69) is 4.98 Å². The Labute approximate surface area is 87.6 Å². The molecule has 0 aliphatic carbocycles. The molecule has 0 bridgehead atoms. The first-order valence-corrected chi connectivity index (χ1v) is 4.99. The molecule has 1 aromatic heterocycles. The fourth-order valence-corrected chi connectivity index (χ4v) is 1.85. The Kier molecular flexibility index (Phi) is 1.78. The van der Waals surface area contributed by atoms with Gasteiger partial charge in [-0.1, -0.05) is 0 Å². The van der Waals surface area contributed by atoms with Crippen LogP contribution in [-0.2, 0) is 0 Å². The third-order valence-corrected chi connectivity index (χ3v) is 2.63. The summed E-state index contributed by atoms with van der Waals surface area (Å²) in [5.74, 6) is 1.66. The van der Waals surface area contributed by atoms with Gasteiger partial charge in [-0.2, -0.15) is 0 Å². The van der Waals surface area contributed by atoms with E-state index in [9.17, 15) is 0 Å². The summed E-state index contributed by atoms with van der Waals surface area (Å²) in [6.45, 7) is 3.25. The maximum Gasteiger partial charge on any atom is 0.162 e. The highest BCUT2D eigenvalue weighted by molar-refractivity contribution is 5.87. The summed E-state index contributed by atoms with van der Waals surface area (Å²) in [5.41, 5.74) is 1.02. The van der Waals surface area contributed by atoms with Gasteiger partial charge in [0.05, 0.1) is 0 Å². The van der Waals surface area contributed by atoms with Crippen LogP contribution in [0.3, 0.4) is 0 Å². The van der Waals surface area contributed by atoms with Crippen molar-refractivity contribution in [2.24, 2.45) is 0 Å². The van der Waals surface area contributed by atoms with Crippen LogP contribution in [0.4, 0.5) is 0 Å². The number of hydrogen-bond donors (Lipinski definition) is 0. The Bertz CT molecular complexity index is 522. The predicted octanol–water partition coefficient (Wildman–Crippen LogP) is 2.31. The molecule has 0 amide bonds. The van der Waals surface area contributed by atoms with Gasteiger partial charge in [-0.3, -0.25) is 4.98 Å². The number of benzene rings is 1. The second kappa shape index (κ2) is 3.12. The predicted molar refractivity (Wildman–Crippen MR) is 57.5 cm³/mol. The van der Waals surface area contributed by atoms with Crippen molar-refractivity contribution in [1.29, 1.82) is 0 Å². The van der Waals surface area contributed by atoms with Crippen LogP contribution in [0.15, 0.2) is 24.4 Å². The van der Waals surface area contributed by atoms with Gasteiger partial charge in [0, 0.05) is 17.3 Å². The van der Waals surface area contributed by atoms with E-state index in [1.165, 1.54) is 0 Å². The van der Waals surface area contributed by atoms with Crippen LogP contribution < -0.4 is 9.47 Å². The van der Waals surface area contributed by atoms with Crippen molar-refractivity contribution >= 4 is 10.8 Å². The Morgan fingerprint density at radius 1 is 1.13 bits per heavy atom. The van der Waals surface area contributed by atoms with Crippen molar-refractivity contribution in [2.75, 3.05) is 13.2 Å². The maximum absolute atomic E-state index is 5.53. The SMILES string of the molecule is Cc1nccc2cc3c(cc12)OCCO3. The molecule has 0 fully saturated rings. The van der Waals surface area contributed by atoms with Gasteiger partial charge < -0.3 is 9.47 Å². The molecule has 0 atom stereocenters. The summed E-state index contributed by atoms with van der Waals surface area (Å²) in [6, 6.07) is 6.01. The van der Waals surface area contributed by atoms with Crippen molar-refractivity contribution in [2.45, 2.75) is 6.92 Å². The molecule has 2 heterocycles. The normalized spacial score (nSPS) is 14.2. The molecule has 3 heteroatoms. The fraction of sp³-hybridized carbons (Fsp3) is 0.250. The van der Waals surface area contributed by atoms with Crippen LogP contribution >= 0.6 is 0 Å². The van der Waals surface area contributed by atoms with Crippen LogP contribution in [0.25, 0.3) is 10.8 Å².